The first kappa shape index (κ1) is 9.36. The Morgan fingerprint density at radius 3 is 3.00 bits per heavy atom. The first-order valence-electron chi connectivity index (χ1n) is 4.58. The molecule has 14 heavy (non-hydrogen) atoms. The molecule has 0 aromatic carbocycles. The Hall–Kier alpha value is -1.20. The lowest BCUT2D eigenvalue weighted by atomic mass is 10.2. The number of H-pyrrole nitrogens is 1. The third-order valence-electron chi connectivity index (χ3n) is 2.45. The van der Waals surface area contributed by atoms with Crippen LogP contribution in [0.2, 0.25) is 0 Å². The molecule has 0 aliphatic carbocycles. The molecule has 1 aromatic rings. The normalized spacial score (nSPS) is 16.7. The zero-order valence-corrected chi connectivity index (χ0v) is 8.26. The van der Waals surface area contributed by atoms with Crippen molar-refractivity contribution in [2.75, 3.05) is 7.11 Å². The average Bonchev–Trinajstić information content (AvgIpc) is 2.64. The number of rotatable bonds is 2. The minimum absolute atomic E-state index is 0.0566. The molecule has 1 aliphatic heterocycles. The molecule has 0 radical (unpaired) electrons. The lowest BCUT2D eigenvalue weighted by Gasteiger charge is -2.09. The second-order valence-corrected chi connectivity index (χ2v) is 3.36. The number of nitrogens with zero attached hydrogens (tertiary/aromatic N) is 1. The van der Waals surface area contributed by atoms with Crippen molar-refractivity contribution in [1.82, 2.24) is 15.3 Å². The number of hydrogen-bond donors (Lipinski definition) is 2. The van der Waals surface area contributed by atoms with Crippen molar-refractivity contribution in [3.8, 4) is 0 Å². The lowest BCUT2D eigenvalue weighted by Crippen LogP contribution is -2.19. The molecule has 1 aromatic heterocycles. The topological polar surface area (TPSA) is 67.0 Å². The van der Waals surface area contributed by atoms with Gasteiger partial charge in [0.05, 0.1) is 11.3 Å². The molecule has 0 saturated heterocycles. The van der Waals surface area contributed by atoms with Crippen molar-refractivity contribution >= 4 is 0 Å². The molecule has 2 N–H and O–H groups in total. The predicted molar refractivity (Wildman–Crippen MR) is 50.8 cm³/mol. The van der Waals surface area contributed by atoms with E-state index in [1.54, 1.807) is 7.11 Å². The summed E-state index contributed by atoms with van der Waals surface area (Å²) in [6.07, 6.45) is -0.173. The van der Waals surface area contributed by atoms with Crippen LogP contribution in [-0.4, -0.2) is 17.1 Å². The molecule has 1 atom stereocenters. The summed E-state index contributed by atoms with van der Waals surface area (Å²) in [7, 11) is 1.59. The van der Waals surface area contributed by atoms with Crippen LogP contribution in [0.25, 0.3) is 0 Å². The molecular weight excluding hydrogens is 182 g/mol. The van der Waals surface area contributed by atoms with Gasteiger partial charge in [0, 0.05) is 20.2 Å². The molecule has 1 unspecified atom stereocenters. The number of aromatic nitrogens is 2. The van der Waals surface area contributed by atoms with Crippen LogP contribution in [0.3, 0.4) is 0 Å². The molecule has 5 nitrogen and oxygen atoms in total. The quantitative estimate of drug-likeness (QED) is 0.701. The molecule has 0 spiro atoms. The maximum absolute atomic E-state index is 11.6. The number of aromatic amines is 1. The Morgan fingerprint density at radius 1 is 1.50 bits per heavy atom. The van der Waals surface area contributed by atoms with Gasteiger partial charge in [0.15, 0.2) is 0 Å². The smallest absolute Gasteiger partial charge is 0.255 e. The molecule has 0 amide bonds. The first-order chi connectivity index (χ1) is 6.72. The van der Waals surface area contributed by atoms with Crippen LogP contribution >= 0.6 is 0 Å². The maximum Gasteiger partial charge on any atom is 0.255 e. The summed E-state index contributed by atoms with van der Waals surface area (Å²) >= 11 is 0. The molecule has 5 heteroatoms. The van der Waals surface area contributed by atoms with Crippen LogP contribution < -0.4 is 10.9 Å². The van der Waals surface area contributed by atoms with E-state index in [-0.39, 0.29) is 11.7 Å². The highest BCUT2D eigenvalue weighted by Crippen LogP contribution is 2.13. The van der Waals surface area contributed by atoms with Crippen molar-refractivity contribution in [1.29, 1.82) is 0 Å². The van der Waals surface area contributed by atoms with Gasteiger partial charge in [-0.25, -0.2) is 4.98 Å². The van der Waals surface area contributed by atoms with Gasteiger partial charge in [-0.3, -0.25) is 4.79 Å². The minimum atomic E-state index is -0.173. The summed E-state index contributed by atoms with van der Waals surface area (Å²) in [6.45, 7) is 3.13. The third kappa shape index (κ3) is 1.44. The van der Waals surface area contributed by atoms with Gasteiger partial charge in [-0.05, 0) is 6.92 Å². The van der Waals surface area contributed by atoms with Crippen LogP contribution in [0.15, 0.2) is 4.79 Å². The van der Waals surface area contributed by atoms with Gasteiger partial charge in [0.2, 0.25) is 0 Å². The molecule has 0 fully saturated rings. The van der Waals surface area contributed by atoms with Crippen molar-refractivity contribution in [3.05, 3.63) is 27.4 Å². The highest BCUT2D eigenvalue weighted by Gasteiger charge is 2.18. The van der Waals surface area contributed by atoms with Crippen LogP contribution in [0.4, 0.5) is 0 Å². The highest BCUT2D eigenvalue weighted by molar-refractivity contribution is 5.21. The van der Waals surface area contributed by atoms with Crippen molar-refractivity contribution in [2.24, 2.45) is 0 Å². The number of ether oxygens (including phenoxy) is 1. The Balaban J connectivity index is 2.47. The van der Waals surface area contributed by atoms with Crippen LogP contribution in [-0.2, 0) is 17.8 Å². The maximum atomic E-state index is 11.6. The molecule has 2 heterocycles. The van der Waals surface area contributed by atoms with Crippen molar-refractivity contribution in [3.63, 3.8) is 0 Å². The highest BCUT2D eigenvalue weighted by atomic mass is 16.5. The van der Waals surface area contributed by atoms with E-state index in [9.17, 15) is 4.79 Å². The molecule has 76 valence electrons. The summed E-state index contributed by atoms with van der Waals surface area (Å²) in [5.74, 6) is 0.597. The Morgan fingerprint density at radius 2 is 2.29 bits per heavy atom. The third-order valence-corrected chi connectivity index (χ3v) is 2.45. The molecule has 0 bridgehead atoms. The standard InChI is InChI=1S/C9H13N3O2/c1-5(14-2)8-11-7-4-10-3-6(7)9(13)12-8/h5,10H,3-4H2,1-2H3,(H,11,12,13). The van der Waals surface area contributed by atoms with E-state index in [2.05, 4.69) is 15.3 Å². The minimum Gasteiger partial charge on any atom is -0.374 e. The van der Waals surface area contributed by atoms with E-state index in [1.165, 1.54) is 0 Å². The fraction of sp³-hybridized carbons (Fsp3) is 0.556. The first-order valence-corrected chi connectivity index (χ1v) is 4.58. The van der Waals surface area contributed by atoms with Crippen LogP contribution in [0, 0.1) is 0 Å². The van der Waals surface area contributed by atoms with E-state index in [0.717, 1.165) is 11.3 Å². The van der Waals surface area contributed by atoms with Crippen molar-refractivity contribution < 1.29 is 4.74 Å². The van der Waals surface area contributed by atoms with E-state index in [0.29, 0.717) is 18.9 Å². The zero-order chi connectivity index (χ0) is 10.1. The molecule has 1 aliphatic rings. The summed E-state index contributed by atoms with van der Waals surface area (Å²) in [4.78, 5) is 18.6. The summed E-state index contributed by atoms with van der Waals surface area (Å²) < 4.78 is 5.10. The van der Waals surface area contributed by atoms with Crippen LogP contribution in [0.5, 0.6) is 0 Å². The van der Waals surface area contributed by atoms with Crippen molar-refractivity contribution in [2.45, 2.75) is 26.1 Å². The molecular formula is C9H13N3O2. The SMILES string of the molecule is COC(C)c1nc2c(c(=O)[nH]1)CNC2. The Labute approximate surface area is 81.5 Å². The number of methoxy groups -OCH3 is 1. The fourth-order valence-corrected chi connectivity index (χ4v) is 1.50. The Bertz CT molecular complexity index is 400. The average molecular weight is 195 g/mol. The Kier molecular flexibility index (Phi) is 2.35. The zero-order valence-electron chi connectivity index (χ0n) is 8.26. The molecule has 2 rings (SSSR count). The molecule has 0 saturated carbocycles. The number of nitrogens with one attached hydrogen (secondary N) is 2. The second kappa shape index (κ2) is 3.51. The van der Waals surface area contributed by atoms with E-state index in [4.69, 9.17) is 4.74 Å². The summed E-state index contributed by atoms with van der Waals surface area (Å²) in [5.41, 5.74) is 1.53. The van der Waals surface area contributed by atoms with E-state index < -0.39 is 0 Å². The summed E-state index contributed by atoms with van der Waals surface area (Å²) in [6, 6.07) is 0. The van der Waals surface area contributed by atoms with Gasteiger partial charge >= 0.3 is 0 Å². The number of fused-ring (bicyclic) bond motifs is 1. The largest absolute Gasteiger partial charge is 0.374 e. The fourth-order valence-electron chi connectivity index (χ4n) is 1.50. The van der Waals surface area contributed by atoms with E-state index in [1.807, 2.05) is 6.92 Å². The predicted octanol–water partition coefficient (Wildman–Crippen LogP) is 0.0805. The van der Waals surface area contributed by atoms with Crippen LogP contribution in [0.1, 0.15) is 30.1 Å². The monoisotopic (exact) mass is 195 g/mol. The van der Waals surface area contributed by atoms with Gasteiger partial charge in [-0.2, -0.15) is 0 Å². The lowest BCUT2D eigenvalue weighted by molar-refractivity contribution is 0.111. The van der Waals surface area contributed by atoms with E-state index >= 15 is 0 Å². The van der Waals surface area contributed by atoms with Gasteiger partial charge in [0.25, 0.3) is 5.56 Å². The summed E-state index contributed by atoms with van der Waals surface area (Å²) in [5, 5.41) is 3.09. The second-order valence-electron chi connectivity index (χ2n) is 3.36. The number of hydrogen-bond acceptors (Lipinski definition) is 4. The van der Waals surface area contributed by atoms with Gasteiger partial charge in [-0.1, -0.05) is 0 Å². The van der Waals surface area contributed by atoms with Gasteiger partial charge in [-0.15, -0.1) is 0 Å². The van der Waals surface area contributed by atoms with Gasteiger partial charge in [0.1, 0.15) is 11.9 Å². The van der Waals surface area contributed by atoms with Gasteiger partial charge < -0.3 is 15.0 Å².